The zero-order chi connectivity index (χ0) is 16.7. The molecule has 24 heavy (non-hydrogen) atoms. The van der Waals surface area contributed by atoms with Crippen LogP contribution in [0.5, 0.6) is 5.75 Å². The molecule has 3 aromatic rings. The van der Waals surface area contributed by atoms with Gasteiger partial charge >= 0.3 is 0 Å². The molecule has 0 aliphatic carbocycles. The second-order valence-corrected chi connectivity index (χ2v) is 7.39. The molecule has 4 rings (SSSR count). The maximum Gasteiger partial charge on any atom is 0.240 e. The fourth-order valence-electron chi connectivity index (χ4n) is 2.63. The van der Waals surface area contributed by atoms with Crippen molar-refractivity contribution in [1.29, 1.82) is 0 Å². The van der Waals surface area contributed by atoms with Crippen molar-refractivity contribution >= 4 is 44.4 Å². The van der Waals surface area contributed by atoms with E-state index in [1.54, 1.807) is 24.1 Å². The zero-order valence-corrected chi connectivity index (χ0v) is 14.4. The number of halogens is 1. The molecule has 0 bridgehead atoms. The highest BCUT2D eigenvalue weighted by atomic mass is 32.2. The largest absolute Gasteiger partial charge is 0.497 e. The summed E-state index contributed by atoms with van der Waals surface area (Å²) in [6, 6.07) is 11.9. The summed E-state index contributed by atoms with van der Waals surface area (Å²) in [7, 11) is 1.62. The fraction of sp³-hybridized carbons (Fsp3) is 0.176. The van der Waals surface area contributed by atoms with Gasteiger partial charge in [0.25, 0.3) is 0 Å². The van der Waals surface area contributed by atoms with Crippen LogP contribution >= 0.6 is 23.1 Å². The Bertz CT molecular complexity index is 911. The van der Waals surface area contributed by atoms with Gasteiger partial charge in [-0.3, -0.25) is 9.69 Å². The third-order valence-corrected chi connectivity index (χ3v) is 6.04. The number of hydrogen-bond donors (Lipinski definition) is 0. The molecule has 1 fully saturated rings. The molecule has 2 aromatic carbocycles. The number of anilines is 1. The standard InChI is InChI=1S/C17H13FN2O2S2/c1-22-12-6-7-13-14(8-12)24-17(19-13)20-15(21)9-23-16(20)10-2-4-11(18)5-3-10/h2-8,16H,9H2,1H3/t16-/m1/s1. The molecule has 1 aliphatic heterocycles. The van der Waals surface area contributed by atoms with E-state index >= 15 is 0 Å². The number of aromatic nitrogens is 1. The van der Waals surface area contributed by atoms with Gasteiger partial charge in [-0.15, -0.1) is 11.8 Å². The third kappa shape index (κ3) is 2.63. The number of hydrogen-bond acceptors (Lipinski definition) is 5. The Morgan fingerprint density at radius 2 is 2.04 bits per heavy atom. The van der Waals surface area contributed by atoms with Crippen molar-refractivity contribution in [1.82, 2.24) is 4.98 Å². The minimum atomic E-state index is -0.285. The Morgan fingerprint density at radius 3 is 2.79 bits per heavy atom. The Morgan fingerprint density at radius 1 is 1.25 bits per heavy atom. The van der Waals surface area contributed by atoms with E-state index in [2.05, 4.69) is 4.98 Å². The average molecular weight is 360 g/mol. The van der Waals surface area contributed by atoms with E-state index in [-0.39, 0.29) is 17.1 Å². The minimum absolute atomic E-state index is 0.0142. The molecule has 0 unspecified atom stereocenters. The van der Waals surface area contributed by atoms with E-state index in [4.69, 9.17) is 4.74 Å². The SMILES string of the molecule is COc1ccc2nc(N3C(=O)CS[C@@H]3c3ccc(F)cc3)sc2c1. The van der Waals surface area contributed by atoms with Crippen molar-refractivity contribution in [2.45, 2.75) is 5.37 Å². The van der Waals surface area contributed by atoms with Gasteiger partial charge in [-0.1, -0.05) is 23.5 Å². The molecule has 1 aliphatic rings. The molecule has 1 atom stereocenters. The average Bonchev–Trinajstić information content (AvgIpc) is 3.17. The summed E-state index contributed by atoms with van der Waals surface area (Å²) in [5.41, 5.74) is 1.72. The van der Waals surface area contributed by atoms with Crippen LogP contribution in [0.4, 0.5) is 9.52 Å². The number of fused-ring (bicyclic) bond motifs is 1. The molecule has 0 spiro atoms. The number of carbonyl (C=O) groups is 1. The van der Waals surface area contributed by atoms with Crippen molar-refractivity contribution in [3.8, 4) is 5.75 Å². The maximum absolute atomic E-state index is 13.2. The van der Waals surface area contributed by atoms with Crippen LogP contribution in [0.2, 0.25) is 0 Å². The predicted octanol–water partition coefficient (Wildman–Crippen LogP) is 4.22. The van der Waals surface area contributed by atoms with E-state index in [9.17, 15) is 9.18 Å². The Labute approximate surface area is 146 Å². The molecule has 1 aromatic heterocycles. The topological polar surface area (TPSA) is 42.4 Å². The fourth-order valence-corrected chi connectivity index (χ4v) is 4.89. The first kappa shape index (κ1) is 15.4. The lowest BCUT2D eigenvalue weighted by Gasteiger charge is -2.21. The lowest BCUT2D eigenvalue weighted by Crippen LogP contribution is -2.27. The monoisotopic (exact) mass is 360 g/mol. The molecular formula is C17H13FN2O2S2. The Balaban J connectivity index is 1.74. The first-order valence-corrected chi connectivity index (χ1v) is 9.16. The number of nitrogens with zero attached hydrogens (tertiary/aromatic N) is 2. The third-order valence-electron chi connectivity index (χ3n) is 3.81. The van der Waals surface area contributed by atoms with Crippen molar-refractivity contribution in [2.24, 2.45) is 0 Å². The van der Waals surface area contributed by atoms with Gasteiger partial charge in [0.1, 0.15) is 16.9 Å². The van der Waals surface area contributed by atoms with Crippen LogP contribution in [-0.4, -0.2) is 23.8 Å². The number of carbonyl (C=O) groups excluding carboxylic acids is 1. The van der Waals surface area contributed by atoms with Gasteiger partial charge in [0, 0.05) is 0 Å². The highest BCUT2D eigenvalue weighted by Gasteiger charge is 2.36. The van der Waals surface area contributed by atoms with Gasteiger partial charge in [-0.2, -0.15) is 0 Å². The highest BCUT2D eigenvalue weighted by Crippen LogP contribution is 2.44. The second kappa shape index (κ2) is 6.07. The Hall–Kier alpha value is -2.12. The smallest absolute Gasteiger partial charge is 0.240 e. The molecular weight excluding hydrogens is 347 g/mol. The van der Waals surface area contributed by atoms with Gasteiger partial charge in [0.15, 0.2) is 5.13 Å². The van der Waals surface area contributed by atoms with Gasteiger partial charge in [-0.25, -0.2) is 9.37 Å². The van der Waals surface area contributed by atoms with Crippen LogP contribution in [-0.2, 0) is 4.79 Å². The summed E-state index contributed by atoms with van der Waals surface area (Å²) in [4.78, 5) is 18.7. The van der Waals surface area contributed by atoms with Crippen LogP contribution in [0.1, 0.15) is 10.9 Å². The van der Waals surface area contributed by atoms with Crippen molar-refractivity contribution in [2.75, 3.05) is 17.8 Å². The summed E-state index contributed by atoms with van der Waals surface area (Å²) in [5, 5.41) is 0.475. The van der Waals surface area contributed by atoms with E-state index in [0.29, 0.717) is 10.9 Å². The molecule has 0 N–H and O–H groups in total. The minimum Gasteiger partial charge on any atom is -0.497 e. The van der Waals surface area contributed by atoms with Crippen molar-refractivity contribution in [3.05, 3.63) is 53.8 Å². The normalized spacial score (nSPS) is 17.7. The molecule has 0 saturated carbocycles. The van der Waals surface area contributed by atoms with E-state index in [1.165, 1.54) is 35.2 Å². The van der Waals surface area contributed by atoms with Crippen LogP contribution in [0.15, 0.2) is 42.5 Å². The molecule has 0 radical (unpaired) electrons. The predicted molar refractivity (Wildman–Crippen MR) is 95.3 cm³/mol. The second-order valence-electron chi connectivity index (χ2n) is 5.31. The summed E-state index contributed by atoms with van der Waals surface area (Å²) in [6.45, 7) is 0. The molecule has 4 nitrogen and oxygen atoms in total. The number of ether oxygens (including phenoxy) is 1. The number of rotatable bonds is 3. The van der Waals surface area contributed by atoms with Gasteiger partial charge in [0.05, 0.1) is 23.1 Å². The van der Waals surface area contributed by atoms with Gasteiger partial charge in [0.2, 0.25) is 5.91 Å². The molecule has 2 heterocycles. The van der Waals surface area contributed by atoms with Gasteiger partial charge in [-0.05, 0) is 35.9 Å². The lowest BCUT2D eigenvalue weighted by atomic mass is 10.2. The molecule has 1 amide bonds. The van der Waals surface area contributed by atoms with Crippen LogP contribution in [0.25, 0.3) is 10.2 Å². The molecule has 1 saturated heterocycles. The zero-order valence-electron chi connectivity index (χ0n) is 12.7. The van der Waals surface area contributed by atoms with Crippen molar-refractivity contribution in [3.63, 3.8) is 0 Å². The molecule has 7 heteroatoms. The van der Waals surface area contributed by atoms with E-state index in [0.717, 1.165) is 21.5 Å². The van der Waals surface area contributed by atoms with Crippen molar-refractivity contribution < 1.29 is 13.9 Å². The summed E-state index contributed by atoms with van der Waals surface area (Å²) in [5.74, 6) is 0.878. The summed E-state index contributed by atoms with van der Waals surface area (Å²) < 4.78 is 19.4. The van der Waals surface area contributed by atoms with E-state index in [1.807, 2.05) is 18.2 Å². The van der Waals surface area contributed by atoms with E-state index < -0.39 is 0 Å². The first-order chi connectivity index (χ1) is 11.7. The maximum atomic E-state index is 13.2. The van der Waals surface area contributed by atoms with Crippen LogP contribution < -0.4 is 9.64 Å². The highest BCUT2D eigenvalue weighted by molar-refractivity contribution is 8.00. The number of benzene rings is 2. The number of thioether (sulfide) groups is 1. The number of thiazole rings is 1. The van der Waals surface area contributed by atoms with Gasteiger partial charge < -0.3 is 4.74 Å². The van der Waals surface area contributed by atoms with Crippen LogP contribution in [0.3, 0.4) is 0 Å². The summed E-state index contributed by atoms with van der Waals surface area (Å²) >= 11 is 2.98. The Kier molecular flexibility index (Phi) is 3.90. The number of methoxy groups -OCH3 is 1. The summed E-state index contributed by atoms with van der Waals surface area (Å²) in [6.07, 6.45) is 0. The lowest BCUT2D eigenvalue weighted by molar-refractivity contribution is -0.115. The number of amides is 1. The van der Waals surface area contributed by atoms with Crippen LogP contribution in [0, 0.1) is 5.82 Å². The molecule has 122 valence electrons. The first-order valence-electron chi connectivity index (χ1n) is 7.29. The quantitative estimate of drug-likeness (QED) is 0.701.